The molecule has 120 valence electrons. The lowest BCUT2D eigenvalue weighted by Gasteiger charge is -2.05. The van der Waals surface area contributed by atoms with Crippen molar-refractivity contribution in [3.8, 4) is 5.88 Å². The van der Waals surface area contributed by atoms with E-state index in [0.717, 1.165) is 10.9 Å². The van der Waals surface area contributed by atoms with Gasteiger partial charge in [0.25, 0.3) is 5.69 Å². The maximum absolute atomic E-state index is 11.9. The minimum atomic E-state index is -0.692. The van der Waals surface area contributed by atoms with E-state index in [4.69, 9.17) is 4.74 Å². The van der Waals surface area contributed by atoms with Crippen LogP contribution in [0.25, 0.3) is 0 Å². The third-order valence-corrected chi connectivity index (χ3v) is 2.78. The summed E-state index contributed by atoms with van der Waals surface area (Å²) < 4.78 is 5.76. The van der Waals surface area contributed by atoms with Crippen LogP contribution in [0, 0.1) is 20.2 Å². The number of anilines is 1. The van der Waals surface area contributed by atoms with Gasteiger partial charge in [0, 0.05) is 6.07 Å². The van der Waals surface area contributed by atoms with Crippen LogP contribution >= 0.6 is 0 Å². The number of ether oxygens (including phenoxy) is 1. The van der Waals surface area contributed by atoms with E-state index in [1.807, 2.05) is 0 Å². The number of amides is 1. The molecule has 1 aromatic heterocycles. The highest BCUT2D eigenvalue weighted by atomic mass is 16.6. The summed E-state index contributed by atoms with van der Waals surface area (Å²) in [6, 6.07) is 5.62. The van der Waals surface area contributed by atoms with Crippen molar-refractivity contribution in [2.75, 3.05) is 12.4 Å². The number of aromatic nitrogens is 2. The molecule has 0 saturated carbocycles. The van der Waals surface area contributed by atoms with Crippen molar-refractivity contribution in [3.63, 3.8) is 0 Å². The summed E-state index contributed by atoms with van der Waals surface area (Å²) in [4.78, 5) is 32.3. The second kappa shape index (κ2) is 6.51. The third-order valence-electron chi connectivity index (χ3n) is 2.78. The van der Waals surface area contributed by atoms with Gasteiger partial charge in [-0.05, 0) is 6.07 Å². The molecule has 0 bridgehead atoms. The van der Waals surface area contributed by atoms with E-state index >= 15 is 0 Å². The van der Waals surface area contributed by atoms with E-state index < -0.39 is 15.8 Å². The summed E-state index contributed by atoms with van der Waals surface area (Å²) in [5, 5.41) is 27.8. The molecule has 11 heteroatoms. The lowest BCUT2D eigenvalue weighted by Crippen LogP contribution is -2.19. The molecule has 0 unspecified atom stereocenters. The Labute approximate surface area is 128 Å². The number of rotatable bonds is 6. The average molecular weight is 321 g/mol. The Kier molecular flexibility index (Phi) is 4.50. The first-order chi connectivity index (χ1) is 10.9. The first kappa shape index (κ1) is 15.9. The number of para-hydroxylation sites is 2. The molecule has 11 nitrogen and oxygen atoms in total. The van der Waals surface area contributed by atoms with Crippen molar-refractivity contribution < 1.29 is 19.4 Å². The van der Waals surface area contributed by atoms with E-state index in [9.17, 15) is 25.0 Å². The SMILES string of the molecule is COc1nn(CC(=O)Nc2ccccc2[N+](=O)[O-])cc1[N+](=O)[O-]. The van der Waals surface area contributed by atoms with Gasteiger partial charge in [0.2, 0.25) is 5.91 Å². The number of nitro benzene ring substituents is 1. The molecule has 1 heterocycles. The molecular formula is C12H11N5O6. The number of carbonyl (C=O) groups is 1. The van der Waals surface area contributed by atoms with Gasteiger partial charge in [-0.15, -0.1) is 5.10 Å². The molecular weight excluding hydrogens is 310 g/mol. The third kappa shape index (κ3) is 3.58. The van der Waals surface area contributed by atoms with E-state index in [1.54, 1.807) is 0 Å². The number of nitrogens with zero attached hydrogens (tertiary/aromatic N) is 4. The predicted molar refractivity (Wildman–Crippen MR) is 77.2 cm³/mol. The van der Waals surface area contributed by atoms with Crippen LogP contribution < -0.4 is 10.1 Å². The summed E-state index contributed by atoms with van der Waals surface area (Å²) in [6.45, 7) is -0.365. The van der Waals surface area contributed by atoms with E-state index in [-0.39, 0.29) is 29.5 Å². The number of methoxy groups -OCH3 is 1. The smallest absolute Gasteiger partial charge is 0.350 e. The summed E-state index contributed by atoms with van der Waals surface area (Å²) in [5.74, 6) is -0.854. The zero-order chi connectivity index (χ0) is 17.0. The van der Waals surface area contributed by atoms with Gasteiger partial charge in [0.1, 0.15) is 18.4 Å². The molecule has 0 atom stereocenters. The van der Waals surface area contributed by atoms with Crippen molar-refractivity contribution in [2.24, 2.45) is 0 Å². The van der Waals surface area contributed by atoms with Crippen LogP contribution in [0.4, 0.5) is 17.1 Å². The molecule has 0 aliphatic carbocycles. The molecule has 1 N–H and O–H groups in total. The minimum Gasteiger partial charge on any atom is -0.475 e. The monoisotopic (exact) mass is 321 g/mol. The minimum absolute atomic E-state index is 0.0242. The highest BCUT2D eigenvalue weighted by Crippen LogP contribution is 2.25. The Hall–Kier alpha value is -3.50. The molecule has 2 aromatic rings. The molecule has 23 heavy (non-hydrogen) atoms. The summed E-state index contributed by atoms with van der Waals surface area (Å²) in [5.41, 5.74) is -0.619. The van der Waals surface area contributed by atoms with Crippen molar-refractivity contribution in [3.05, 3.63) is 50.7 Å². The van der Waals surface area contributed by atoms with Gasteiger partial charge in [0.05, 0.1) is 17.0 Å². The Morgan fingerprint density at radius 1 is 1.26 bits per heavy atom. The number of nitro groups is 2. The van der Waals surface area contributed by atoms with Crippen LogP contribution in [-0.2, 0) is 11.3 Å². The number of nitrogens with one attached hydrogen (secondary N) is 1. The molecule has 1 aromatic carbocycles. The standard InChI is InChI=1S/C12H11N5O6/c1-23-12-10(17(21)22)6-15(14-12)7-11(18)13-8-4-2-3-5-9(8)16(19)20/h2-6H,7H2,1H3,(H,13,18). The van der Waals surface area contributed by atoms with Gasteiger partial charge in [-0.25, -0.2) is 0 Å². The Bertz CT molecular complexity index is 771. The largest absolute Gasteiger partial charge is 0.475 e. The highest BCUT2D eigenvalue weighted by molar-refractivity contribution is 5.92. The Morgan fingerprint density at radius 3 is 2.48 bits per heavy atom. The van der Waals surface area contributed by atoms with Crippen LogP contribution in [0.3, 0.4) is 0 Å². The average Bonchev–Trinajstić information content (AvgIpc) is 2.90. The Balaban J connectivity index is 2.15. The normalized spacial score (nSPS) is 10.1. The van der Waals surface area contributed by atoms with Crippen LogP contribution in [0.15, 0.2) is 30.5 Å². The Morgan fingerprint density at radius 2 is 1.91 bits per heavy atom. The number of carbonyl (C=O) groups excluding carboxylic acids is 1. The molecule has 0 saturated heterocycles. The van der Waals surface area contributed by atoms with Gasteiger partial charge in [0.15, 0.2) is 0 Å². The lowest BCUT2D eigenvalue weighted by molar-refractivity contribution is -0.385. The second-order valence-electron chi connectivity index (χ2n) is 4.30. The predicted octanol–water partition coefficient (Wildman–Crippen LogP) is 1.35. The number of benzene rings is 1. The van der Waals surface area contributed by atoms with Crippen LogP contribution in [0.2, 0.25) is 0 Å². The van der Waals surface area contributed by atoms with Crippen molar-refractivity contribution in [1.29, 1.82) is 0 Å². The maximum atomic E-state index is 11.9. The van der Waals surface area contributed by atoms with Gasteiger partial charge < -0.3 is 10.1 Å². The molecule has 2 rings (SSSR count). The lowest BCUT2D eigenvalue weighted by atomic mass is 10.2. The van der Waals surface area contributed by atoms with Gasteiger partial charge >= 0.3 is 11.6 Å². The van der Waals surface area contributed by atoms with Crippen LogP contribution in [-0.4, -0.2) is 32.6 Å². The van der Waals surface area contributed by atoms with Crippen molar-refractivity contribution in [1.82, 2.24) is 9.78 Å². The molecule has 1 amide bonds. The van der Waals surface area contributed by atoms with E-state index in [1.165, 1.54) is 31.4 Å². The number of hydrogen-bond donors (Lipinski definition) is 1. The molecule has 0 spiro atoms. The molecule has 0 radical (unpaired) electrons. The fourth-order valence-corrected chi connectivity index (χ4v) is 1.82. The zero-order valence-electron chi connectivity index (χ0n) is 11.8. The fraction of sp³-hybridized carbons (Fsp3) is 0.167. The summed E-state index contributed by atoms with van der Waals surface area (Å²) in [7, 11) is 1.22. The van der Waals surface area contributed by atoms with E-state index in [0.29, 0.717) is 0 Å². The van der Waals surface area contributed by atoms with E-state index in [2.05, 4.69) is 10.4 Å². The second-order valence-corrected chi connectivity index (χ2v) is 4.30. The maximum Gasteiger partial charge on any atom is 0.350 e. The molecule has 0 fully saturated rings. The zero-order valence-corrected chi connectivity index (χ0v) is 11.8. The first-order valence-corrected chi connectivity index (χ1v) is 6.21. The van der Waals surface area contributed by atoms with Crippen molar-refractivity contribution >= 4 is 23.0 Å². The molecule has 0 aliphatic heterocycles. The quantitative estimate of drug-likeness (QED) is 0.624. The molecule has 0 aliphatic rings. The summed E-state index contributed by atoms with van der Waals surface area (Å²) >= 11 is 0. The number of hydrogen-bond acceptors (Lipinski definition) is 7. The first-order valence-electron chi connectivity index (χ1n) is 6.21. The highest BCUT2D eigenvalue weighted by Gasteiger charge is 2.22. The van der Waals surface area contributed by atoms with Crippen molar-refractivity contribution in [2.45, 2.75) is 6.54 Å². The van der Waals surface area contributed by atoms with Crippen LogP contribution in [0.1, 0.15) is 0 Å². The van der Waals surface area contributed by atoms with Crippen LogP contribution in [0.5, 0.6) is 5.88 Å². The topological polar surface area (TPSA) is 142 Å². The summed E-state index contributed by atoms with van der Waals surface area (Å²) in [6.07, 6.45) is 1.04. The fourth-order valence-electron chi connectivity index (χ4n) is 1.82. The van der Waals surface area contributed by atoms with Gasteiger partial charge in [-0.3, -0.25) is 29.7 Å². The van der Waals surface area contributed by atoms with Gasteiger partial charge in [-0.2, -0.15) is 0 Å². The van der Waals surface area contributed by atoms with Gasteiger partial charge in [-0.1, -0.05) is 12.1 Å².